The summed E-state index contributed by atoms with van der Waals surface area (Å²) >= 11 is 5.87. The van der Waals surface area contributed by atoms with Gasteiger partial charge in [0.05, 0.1) is 5.52 Å². The molecule has 0 aliphatic carbocycles. The monoisotopic (exact) mass is 415 g/mol. The molecule has 8 nitrogen and oxygen atoms in total. The zero-order chi connectivity index (χ0) is 20.4. The first-order valence-corrected chi connectivity index (χ1v) is 9.51. The third-order valence-electron chi connectivity index (χ3n) is 4.72. The molecule has 2 heterocycles. The molecule has 1 aliphatic rings. The Morgan fingerprint density at radius 1 is 1.14 bits per heavy atom. The number of oxazole rings is 1. The number of piperidine rings is 1. The molecule has 4 rings (SSSR count). The summed E-state index contributed by atoms with van der Waals surface area (Å²) in [5.41, 5.74) is 1.22. The number of H-pyrrole nitrogens is 1. The number of amides is 2. The largest absolute Gasteiger partial charge is 0.490 e. The van der Waals surface area contributed by atoms with Crippen molar-refractivity contribution in [2.75, 3.05) is 18.4 Å². The van der Waals surface area contributed by atoms with Crippen molar-refractivity contribution < 1.29 is 18.7 Å². The number of aromatic nitrogens is 1. The van der Waals surface area contributed by atoms with Gasteiger partial charge in [-0.1, -0.05) is 11.6 Å². The number of hydrogen-bond acceptors (Lipinski definition) is 5. The van der Waals surface area contributed by atoms with Crippen LogP contribution in [0.2, 0.25) is 5.02 Å². The highest BCUT2D eigenvalue weighted by Gasteiger charge is 2.28. The molecule has 1 aromatic heterocycles. The lowest BCUT2D eigenvalue weighted by atomic mass is 10.1. The Bertz CT molecular complexity index is 1100. The normalized spacial score (nSPS) is 14.7. The minimum atomic E-state index is -0.729. The van der Waals surface area contributed by atoms with Crippen LogP contribution in [0.4, 0.5) is 5.69 Å². The van der Waals surface area contributed by atoms with E-state index in [0.717, 1.165) is 5.75 Å². The third kappa shape index (κ3) is 4.43. The molecular weight excluding hydrogens is 398 g/mol. The van der Waals surface area contributed by atoms with Crippen LogP contribution in [-0.4, -0.2) is 40.9 Å². The van der Waals surface area contributed by atoms with Crippen LogP contribution in [-0.2, 0) is 9.59 Å². The van der Waals surface area contributed by atoms with Gasteiger partial charge in [0, 0.05) is 36.6 Å². The van der Waals surface area contributed by atoms with E-state index in [1.165, 1.54) is 11.0 Å². The SMILES string of the molecule is O=C(Nc1ccc2oc(=O)[nH]c2c1)C(=O)N1CCC(Oc2ccc(Cl)cc2)CC1. The lowest BCUT2D eigenvalue weighted by molar-refractivity contribution is -0.144. The Morgan fingerprint density at radius 2 is 1.86 bits per heavy atom. The number of aromatic amines is 1. The maximum absolute atomic E-state index is 12.5. The van der Waals surface area contributed by atoms with Crippen LogP contribution < -0.4 is 15.8 Å². The molecule has 0 spiro atoms. The van der Waals surface area contributed by atoms with Crippen LogP contribution >= 0.6 is 11.6 Å². The zero-order valence-corrected chi connectivity index (χ0v) is 16.1. The van der Waals surface area contributed by atoms with Gasteiger partial charge in [-0.05, 0) is 42.5 Å². The van der Waals surface area contributed by atoms with Gasteiger partial charge in [-0.25, -0.2) is 4.79 Å². The summed E-state index contributed by atoms with van der Waals surface area (Å²) in [5.74, 6) is -1.18. The highest BCUT2D eigenvalue weighted by atomic mass is 35.5. The fraction of sp³-hybridized carbons (Fsp3) is 0.250. The van der Waals surface area contributed by atoms with Gasteiger partial charge >= 0.3 is 17.6 Å². The summed E-state index contributed by atoms with van der Waals surface area (Å²) in [6, 6.07) is 11.8. The number of carbonyl (C=O) groups excluding carboxylic acids is 2. The van der Waals surface area contributed by atoms with Crippen molar-refractivity contribution in [2.45, 2.75) is 18.9 Å². The first kappa shape index (κ1) is 19.1. The fourth-order valence-electron chi connectivity index (χ4n) is 3.24. The van der Waals surface area contributed by atoms with E-state index in [4.69, 9.17) is 20.8 Å². The zero-order valence-electron chi connectivity index (χ0n) is 15.3. The van der Waals surface area contributed by atoms with Crippen molar-refractivity contribution in [1.82, 2.24) is 9.88 Å². The summed E-state index contributed by atoms with van der Waals surface area (Å²) in [6.45, 7) is 0.858. The van der Waals surface area contributed by atoms with Gasteiger partial charge in [0.2, 0.25) is 0 Å². The molecule has 3 aromatic rings. The highest BCUT2D eigenvalue weighted by Crippen LogP contribution is 2.21. The molecule has 9 heteroatoms. The fourth-order valence-corrected chi connectivity index (χ4v) is 3.37. The lowest BCUT2D eigenvalue weighted by Gasteiger charge is -2.31. The lowest BCUT2D eigenvalue weighted by Crippen LogP contribution is -2.46. The van der Waals surface area contributed by atoms with Crippen molar-refractivity contribution in [1.29, 1.82) is 0 Å². The van der Waals surface area contributed by atoms with Crippen molar-refractivity contribution in [3.05, 3.63) is 58.0 Å². The van der Waals surface area contributed by atoms with Crippen LogP contribution in [0.1, 0.15) is 12.8 Å². The van der Waals surface area contributed by atoms with Crippen LogP contribution in [0.5, 0.6) is 5.75 Å². The van der Waals surface area contributed by atoms with E-state index in [1.54, 1.807) is 36.4 Å². The van der Waals surface area contributed by atoms with E-state index >= 15 is 0 Å². The first-order valence-electron chi connectivity index (χ1n) is 9.13. The Kier molecular flexibility index (Phi) is 5.26. The maximum atomic E-state index is 12.5. The van der Waals surface area contributed by atoms with Crippen molar-refractivity contribution in [3.8, 4) is 5.75 Å². The highest BCUT2D eigenvalue weighted by molar-refractivity contribution is 6.39. The van der Waals surface area contributed by atoms with E-state index in [9.17, 15) is 14.4 Å². The van der Waals surface area contributed by atoms with Crippen molar-refractivity contribution in [3.63, 3.8) is 0 Å². The van der Waals surface area contributed by atoms with Gasteiger partial charge in [-0.15, -0.1) is 0 Å². The summed E-state index contributed by atoms with van der Waals surface area (Å²) in [6.07, 6.45) is 1.23. The maximum Gasteiger partial charge on any atom is 0.417 e. The molecule has 0 saturated carbocycles. The van der Waals surface area contributed by atoms with E-state index in [2.05, 4.69) is 10.3 Å². The Labute approximate surface area is 170 Å². The van der Waals surface area contributed by atoms with Gasteiger partial charge in [0.1, 0.15) is 11.9 Å². The summed E-state index contributed by atoms with van der Waals surface area (Å²) in [5, 5.41) is 3.20. The van der Waals surface area contributed by atoms with Crippen LogP contribution in [0.15, 0.2) is 51.7 Å². The number of benzene rings is 2. The van der Waals surface area contributed by atoms with E-state index in [-0.39, 0.29) is 6.10 Å². The standard InChI is InChI=1S/C20H18ClN3O5/c21-12-1-4-14(5-2-12)28-15-7-9-24(10-8-15)19(26)18(25)22-13-3-6-17-16(11-13)23-20(27)29-17/h1-6,11,15H,7-10H2,(H,22,25)(H,23,27). The summed E-state index contributed by atoms with van der Waals surface area (Å²) < 4.78 is 10.8. The number of anilines is 1. The van der Waals surface area contributed by atoms with E-state index in [0.29, 0.717) is 47.7 Å². The minimum absolute atomic E-state index is 0.0244. The number of halogens is 1. The molecule has 1 fully saturated rings. The quantitative estimate of drug-likeness (QED) is 0.640. The molecule has 29 heavy (non-hydrogen) atoms. The van der Waals surface area contributed by atoms with Gasteiger partial charge in [-0.3, -0.25) is 14.6 Å². The van der Waals surface area contributed by atoms with E-state index in [1.807, 2.05) is 0 Å². The number of rotatable bonds is 3. The predicted molar refractivity (Wildman–Crippen MR) is 107 cm³/mol. The number of ether oxygens (including phenoxy) is 1. The molecule has 0 bridgehead atoms. The molecular formula is C20H18ClN3O5. The number of nitrogens with one attached hydrogen (secondary N) is 2. The molecule has 0 radical (unpaired) electrons. The van der Waals surface area contributed by atoms with Crippen LogP contribution in [0, 0.1) is 0 Å². The summed E-state index contributed by atoms with van der Waals surface area (Å²) in [7, 11) is 0. The number of fused-ring (bicyclic) bond motifs is 1. The molecule has 150 valence electrons. The average Bonchev–Trinajstić information content (AvgIpc) is 3.09. The Balaban J connectivity index is 1.31. The Hall–Kier alpha value is -3.26. The van der Waals surface area contributed by atoms with E-state index < -0.39 is 17.6 Å². The van der Waals surface area contributed by atoms with Crippen LogP contribution in [0.3, 0.4) is 0 Å². The van der Waals surface area contributed by atoms with Gasteiger partial charge < -0.3 is 19.4 Å². The predicted octanol–water partition coefficient (Wildman–Crippen LogP) is 2.78. The number of likely N-dealkylation sites (tertiary alicyclic amines) is 1. The minimum Gasteiger partial charge on any atom is -0.490 e. The van der Waals surface area contributed by atoms with Crippen LogP contribution in [0.25, 0.3) is 11.1 Å². The molecule has 0 atom stereocenters. The van der Waals surface area contributed by atoms with Crippen molar-refractivity contribution >= 4 is 40.2 Å². The Morgan fingerprint density at radius 3 is 2.59 bits per heavy atom. The molecule has 1 saturated heterocycles. The third-order valence-corrected chi connectivity index (χ3v) is 4.97. The molecule has 2 aromatic carbocycles. The second-order valence-corrected chi connectivity index (χ2v) is 7.18. The molecule has 1 aliphatic heterocycles. The topological polar surface area (TPSA) is 105 Å². The summed E-state index contributed by atoms with van der Waals surface area (Å²) in [4.78, 5) is 40.0. The second kappa shape index (κ2) is 8.00. The number of nitrogens with zero attached hydrogens (tertiary/aromatic N) is 1. The van der Waals surface area contributed by atoms with Gasteiger partial charge in [0.15, 0.2) is 5.58 Å². The second-order valence-electron chi connectivity index (χ2n) is 6.74. The number of hydrogen-bond donors (Lipinski definition) is 2. The van der Waals surface area contributed by atoms with Gasteiger partial charge in [0.25, 0.3) is 0 Å². The molecule has 2 amide bonds. The number of carbonyl (C=O) groups is 2. The van der Waals surface area contributed by atoms with Gasteiger partial charge in [-0.2, -0.15) is 0 Å². The smallest absolute Gasteiger partial charge is 0.417 e. The first-order chi connectivity index (χ1) is 14.0. The average molecular weight is 416 g/mol. The molecule has 0 unspecified atom stereocenters. The van der Waals surface area contributed by atoms with Crippen molar-refractivity contribution in [2.24, 2.45) is 0 Å². The molecule has 2 N–H and O–H groups in total.